The van der Waals surface area contributed by atoms with Gasteiger partial charge in [-0.3, -0.25) is 4.57 Å². The summed E-state index contributed by atoms with van der Waals surface area (Å²) < 4.78 is 8.43. The number of para-hydroxylation sites is 2. The molecule has 0 N–H and O–H groups in total. The summed E-state index contributed by atoms with van der Waals surface area (Å²) in [5.74, 6) is 2.35. The summed E-state index contributed by atoms with van der Waals surface area (Å²) in [6.07, 6.45) is 0. The normalized spacial score (nSPS) is 11.6. The summed E-state index contributed by atoms with van der Waals surface area (Å²) in [5.41, 5.74) is 7.86. The lowest BCUT2D eigenvalue weighted by Crippen LogP contribution is -2.06. The maximum atomic E-state index is 6.31. The summed E-state index contributed by atoms with van der Waals surface area (Å²) in [6.45, 7) is 0. The Labute approximate surface area is 286 Å². The molecule has 0 atom stereocenters. The van der Waals surface area contributed by atoms with Gasteiger partial charge < -0.3 is 4.42 Å². The zero-order chi connectivity index (χ0) is 33.0. The fourth-order valence-corrected chi connectivity index (χ4v) is 6.78. The van der Waals surface area contributed by atoms with Crippen molar-refractivity contribution in [2.75, 3.05) is 0 Å². The van der Waals surface area contributed by atoms with Crippen LogP contribution >= 0.6 is 0 Å². The molecule has 0 fully saturated rings. The molecule has 10 rings (SSSR count). The highest BCUT2D eigenvalue weighted by atomic mass is 16.3. The molecule has 4 heterocycles. The molecular weight excluding hydrogens is 617 g/mol. The highest BCUT2D eigenvalue weighted by molar-refractivity contribution is 6.12. The van der Waals surface area contributed by atoms with Crippen LogP contribution < -0.4 is 0 Å². The molecule has 0 bridgehead atoms. The third-order valence-electron chi connectivity index (χ3n) is 9.10. The van der Waals surface area contributed by atoms with E-state index in [9.17, 15) is 0 Å². The molecule has 0 aliphatic heterocycles. The fraction of sp³-hybridized carbons (Fsp3) is 0. The molecule has 0 spiro atoms. The van der Waals surface area contributed by atoms with Gasteiger partial charge in [0.15, 0.2) is 17.5 Å². The number of fused-ring (bicyclic) bond motifs is 6. The van der Waals surface area contributed by atoms with Crippen LogP contribution in [-0.4, -0.2) is 29.5 Å². The third-order valence-corrected chi connectivity index (χ3v) is 9.10. The third kappa shape index (κ3) is 4.56. The number of nitrogens with zero attached hydrogens (tertiary/aromatic N) is 6. The van der Waals surface area contributed by atoms with E-state index in [4.69, 9.17) is 29.3 Å². The standard InChI is InChI=1S/C43H26N6O/c1-4-14-27(15-5-1)38-37-32-21-11-13-23-36(32)50-42(37)46-41(44-38)30-24-25-35-33(26-30)31-20-10-12-22-34(31)49(35)43-47-39(28-16-6-2-7-17-28)45-40(48-43)29-18-8-3-9-19-29/h1-26H. The molecule has 4 aromatic heterocycles. The van der Waals surface area contributed by atoms with E-state index in [0.29, 0.717) is 29.1 Å². The van der Waals surface area contributed by atoms with Gasteiger partial charge in [-0.2, -0.15) is 15.0 Å². The van der Waals surface area contributed by atoms with E-state index in [1.54, 1.807) is 0 Å². The van der Waals surface area contributed by atoms with Gasteiger partial charge in [0.1, 0.15) is 5.58 Å². The minimum Gasteiger partial charge on any atom is -0.438 e. The Bertz CT molecular complexity index is 2810. The average Bonchev–Trinajstić information content (AvgIpc) is 3.74. The van der Waals surface area contributed by atoms with E-state index >= 15 is 0 Å². The molecule has 0 unspecified atom stereocenters. The first-order valence-corrected chi connectivity index (χ1v) is 16.4. The lowest BCUT2D eigenvalue weighted by molar-refractivity contribution is 0.653. The van der Waals surface area contributed by atoms with E-state index in [1.165, 1.54) is 0 Å². The van der Waals surface area contributed by atoms with Gasteiger partial charge in [0.05, 0.1) is 22.1 Å². The summed E-state index contributed by atoms with van der Waals surface area (Å²) in [4.78, 5) is 25.2. The van der Waals surface area contributed by atoms with Crippen LogP contribution in [0.4, 0.5) is 0 Å². The molecule has 0 aliphatic carbocycles. The summed E-state index contributed by atoms with van der Waals surface area (Å²) in [7, 11) is 0. The van der Waals surface area contributed by atoms with Gasteiger partial charge >= 0.3 is 0 Å². The Kier molecular flexibility index (Phi) is 6.35. The van der Waals surface area contributed by atoms with Crippen LogP contribution in [0.15, 0.2) is 162 Å². The maximum Gasteiger partial charge on any atom is 0.238 e. The highest BCUT2D eigenvalue weighted by Crippen LogP contribution is 2.38. The second-order valence-electron chi connectivity index (χ2n) is 12.1. The van der Waals surface area contributed by atoms with Crippen molar-refractivity contribution in [3.8, 4) is 51.4 Å². The number of furan rings is 1. The molecule has 0 amide bonds. The Hall–Kier alpha value is -6.99. The molecule has 7 nitrogen and oxygen atoms in total. The molecule has 10 aromatic rings. The van der Waals surface area contributed by atoms with Crippen LogP contribution in [0.25, 0.3) is 95.2 Å². The number of hydrogen-bond acceptors (Lipinski definition) is 6. The van der Waals surface area contributed by atoms with E-state index in [1.807, 2.05) is 103 Å². The molecule has 6 aromatic carbocycles. The Morgan fingerprint density at radius 2 is 0.960 bits per heavy atom. The Balaban J connectivity index is 1.20. The quantitative estimate of drug-likeness (QED) is 0.186. The molecule has 234 valence electrons. The van der Waals surface area contributed by atoms with Gasteiger partial charge in [0.2, 0.25) is 11.7 Å². The van der Waals surface area contributed by atoms with Gasteiger partial charge in [0, 0.05) is 38.4 Å². The molecule has 50 heavy (non-hydrogen) atoms. The lowest BCUT2D eigenvalue weighted by atomic mass is 10.0. The molecule has 0 saturated carbocycles. The number of rotatable bonds is 5. The highest BCUT2D eigenvalue weighted by Gasteiger charge is 2.21. The zero-order valence-corrected chi connectivity index (χ0v) is 26.6. The topological polar surface area (TPSA) is 82.5 Å². The van der Waals surface area contributed by atoms with Crippen LogP contribution in [0.5, 0.6) is 0 Å². The molecule has 0 aliphatic rings. The monoisotopic (exact) mass is 642 g/mol. The number of benzene rings is 6. The summed E-state index contributed by atoms with van der Waals surface area (Å²) in [5, 5.41) is 4.01. The first-order chi connectivity index (χ1) is 24.8. The predicted octanol–water partition coefficient (Wildman–Crippen LogP) is 10.3. The second-order valence-corrected chi connectivity index (χ2v) is 12.1. The van der Waals surface area contributed by atoms with Crippen molar-refractivity contribution in [3.63, 3.8) is 0 Å². The largest absolute Gasteiger partial charge is 0.438 e. The first-order valence-electron chi connectivity index (χ1n) is 16.4. The van der Waals surface area contributed by atoms with E-state index in [0.717, 1.165) is 66.1 Å². The van der Waals surface area contributed by atoms with Gasteiger partial charge in [-0.1, -0.05) is 127 Å². The minimum absolute atomic E-state index is 0.544. The Morgan fingerprint density at radius 3 is 1.66 bits per heavy atom. The van der Waals surface area contributed by atoms with Crippen molar-refractivity contribution in [1.29, 1.82) is 0 Å². The number of aromatic nitrogens is 6. The van der Waals surface area contributed by atoms with Crippen LogP contribution in [0.1, 0.15) is 0 Å². The van der Waals surface area contributed by atoms with Crippen molar-refractivity contribution < 1.29 is 4.42 Å². The van der Waals surface area contributed by atoms with Crippen molar-refractivity contribution in [2.24, 2.45) is 0 Å². The van der Waals surface area contributed by atoms with Crippen LogP contribution in [0, 0.1) is 0 Å². The van der Waals surface area contributed by atoms with E-state index in [-0.39, 0.29) is 0 Å². The van der Waals surface area contributed by atoms with Crippen LogP contribution in [0.3, 0.4) is 0 Å². The van der Waals surface area contributed by atoms with Crippen LogP contribution in [0.2, 0.25) is 0 Å². The summed E-state index contributed by atoms with van der Waals surface area (Å²) in [6, 6.07) is 53.0. The van der Waals surface area contributed by atoms with E-state index < -0.39 is 0 Å². The molecule has 0 saturated heterocycles. The molecule has 7 heteroatoms. The smallest absolute Gasteiger partial charge is 0.238 e. The van der Waals surface area contributed by atoms with Gasteiger partial charge in [-0.25, -0.2) is 9.97 Å². The minimum atomic E-state index is 0.544. The molecule has 0 radical (unpaired) electrons. The van der Waals surface area contributed by atoms with Crippen molar-refractivity contribution in [3.05, 3.63) is 158 Å². The van der Waals surface area contributed by atoms with Gasteiger partial charge in [-0.15, -0.1) is 0 Å². The zero-order valence-electron chi connectivity index (χ0n) is 26.6. The second kappa shape index (κ2) is 11.3. The van der Waals surface area contributed by atoms with Crippen molar-refractivity contribution in [1.82, 2.24) is 29.5 Å². The van der Waals surface area contributed by atoms with Gasteiger partial charge in [0.25, 0.3) is 0 Å². The number of hydrogen-bond donors (Lipinski definition) is 0. The van der Waals surface area contributed by atoms with Crippen molar-refractivity contribution >= 4 is 43.9 Å². The summed E-state index contributed by atoms with van der Waals surface area (Å²) >= 11 is 0. The lowest BCUT2D eigenvalue weighted by Gasteiger charge is -2.11. The Morgan fingerprint density at radius 1 is 0.400 bits per heavy atom. The van der Waals surface area contributed by atoms with Crippen molar-refractivity contribution in [2.45, 2.75) is 0 Å². The average molecular weight is 643 g/mol. The van der Waals surface area contributed by atoms with E-state index in [2.05, 4.69) is 59.2 Å². The predicted molar refractivity (Wildman–Crippen MR) is 199 cm³/mol. The fourth-order valence-electron chi connectivity index (χ4n) is 6.78. The maximum absolute atomic E-state index is 6.31. The van der Waals surface area contributed by atoms with Crippen LogP contribution in [-0.2, 0) is 0 Å². The molecular formula is C43H26N6O. The first kappa shape index (κ1) is 28.1. The SMILES string of the molecule is c1ccc(-c2nc(-c3ccccc3)nc(-n3c4ccccc4c4cc(-c5nc(-c6ccccc6)c6c(n5)oc5ccccc56)ccc43)n2)cc1. The van der Waals surface area contributed by atoms with Gasteiger partial charge in [-0.05, 0) is 30.3 Å².